The molecular formula is C20H25FN2O3S. The molecule has 2 aromatic rings. The van der Waals surface area contributed by atoms with E-state index in [2.05, 4.69) is 12.2 Å². The van der Waals surface area contributed by atoms with Gasteiger partial charge in [0.1, 0.15) is 5.82 Å². The number of aryl methyl sites for hydroxylation is 1. The van der Waals surface area contributed by atoms with Gasteiger partial charge in [-0.25, -0.2) is 12.8 Å². The molecule has 0 fully saturated rings. The lowest BCUT2D eigenvalue weighted by molar-refractivity contribution is -0.122. The van der Waals surface area contributed by atoms with Gasteiger partial charge in [-0.1, -0.05) is 49.4 Å². The van der Waals surface area contributed by atoms with Gasteiger partial charge in [-0.2, -0.15) is 4.31 Å². The van der Waals surface area contributed by atoms with Crippen LogP contribution in [0.15, 0.2) is 48.5 Å². The first-order valence-electron chi connectivity index (χ1n) is 8.77. The smallest absolute Gasteiger partial charge is 0.235 e. The van der Waals surface area contributed by atoms with Gasteiger partial charge in [0.25, 0.3) is 0 Å². The maximum atomic E-state index is 13.8. The van der Waals surface area contributed by atoms with Crippen molar-refractivity contribution in [3.05, 3.63) is 71.0 Å². The Hall–Kier alpha value is -2.25. The highest BCUT2D eigenvalue weighted by Gasteiger charge is 2.22. The lowest BCUT2D eigenvalue weighted by Crippen LogP contribution is -2.40. The maximum Gasteiger partial charge on any atom is 0.235 e. The van der Waals surface area contributed by atoms with Crippen molar-refractivity contribution in [3.63, 3.8) is 0 Å². The van der Waals surface area contributed by atoms with E-state index in [4.69, 9.17) is 0 Å². The van der Waals surface area contributed by atoms with Gasteiger partial charge < -0.3 is 5.32 Å². The van der Waals surface area contributed by atoms with Crippen molar-refractivity contribution >= 4 is 15.9 Å². The Bertz CT molecular complexity index is 882. The molecule has 0 aromatic heterocycles. The molecule has 0 heterocycles. The van der Waals surface area contributed by atoms with Crippen LogP contribution in [0.3, 0.4) is 0 Å². The molecule has 0 aliphatic carbocycles. The summed E-state index contributed by atoms with van der Waals surface area (Å²) in [7, 11) is -3.68. The zero-order valence-corrected chi connectivity index (χ0v) is 16.6. The minimum Gasteiger partial charge on any atom is -0.348 e. The van der Waals surface area contributed by atoms with Crippen LogP contribution in [0.25, 0.3) is 0 Å². The molecule has 0 aliphatic rings. The van der Waals surface area contributed by atoms with Crippen LogP contribution in [0.4, 0.5) is 4.39 Å². The Morgan fingerprint density at radius 2 is 1.78 bits per heavy atom. The van der Waals surface area contributed by atoms with Crippen LogP contribution in [0, 0.1) is 5.82 Å². The number of amides is 1. The number of halogens is 1. The van der Waals surface area contributed by atoms with Crippen molar-refractivity contribution in [2.24, 2.45) is 0 Å². The first-order valence-corrected chi connectivity index (χ1v) is 10.6. The van der Waals surface area contributed by atoms with Gasteiger partial charge in [0.05, 0.1) is 18.8 Å². The van der Waals surface area contributed by atoms with Crippen molar-refractivity contribution in [2.75, 3.05) is 12.8 Å². The SMILES string of the molecule is CCc1ccc(C(C)NC(=O)CN(Cc2ccccc2F)S(C)(=O)=O)cc1. The molecule has 7 heteroatoms. The summed E-state index contributed by atoms with van der Waals surface area (Å²) in [6.07, 6.45) is 1.94. The molecule has 0 bridgehead atoms. The van der Waals surface area contributed by atoms with Crippen molar-refractivity contribution in [3.8, 4) is 0 Å². The Morgan fingerprint density at radius 1 is 1.15 bits per heavy atom. The van der Waals surface area contributed by atoms with Crippen molar-refractivity contribution < 1.29 is 17.6 Å². The number of benzene rings is 2. The summed E-state index contributed by atoms with van der Waals surface area (Å²) in [4.78, 5) is 12.4. The third-order valence-electron chi connectivity index (χ3n) is 4.36. The average molecular weight is 392 g/mol. The van der Waals surface area contributed by atoms with Gasteiger partial charge in [-0.3, -0.25) is 4.79 Å². The molecule has 0 aliphatic heterocycles. The van der Waals surface area contributed by atoms with Crippen LogP contribution >= 0.6 is 0 Å². The van der Waals surface area contributed by atoms with E-state index in [9.17, 15) is 17.6 Å². The molecule has 1 unspecified atom stereocenters. The molecule has 1 atom stereocenters. The number of rotatable bonds is 8. The molecule has 2 rings (SSSR count). The molecule has 1 N–H and O–H groups in total. The van der Waals surface area contributed by atoms with Crippen LogP contribution in [-0.4, -0.2) is 31.4 Å². The number of carbonyl (C=O) groups is 1. The Morgan fingerprint density at radius 3 is 2.33 bits per heavy atom. The fourth-order valence-corrected chi connectivity index (χ4v) is 3.41. The zero-order chi connectivity index (χ0) is 20.0. The summed E-state index contributed by atoms with van der Waals surface area (Å²) in [6, 6.07) is 13.5. The summed E-state index contributed by atoms with van der Waals surface area (Å²) in [5, 5.41) is 2.80. The van der Waals surface area contributed by atoms with Gasteiger partial charge >= 0.3 is 0 Å². The third-order valence-corrected chi connectivity index (χ3v) is 5.56. The van der Waals surface area contributed by atoms with Gasteiger partial charge in [-0.05, 0) is 30.5 Å². The highest BCUT2D eigenvalue weighted by atomic mass is 32.2. The second-order valence-corrected chi connectivity index (χ2v) is 8.49. The molecule has 27 heavy (non-hydrogen) atoms. The van der Waals surface area contributed by atoms with Gasteiger partial charge in [0.2, 0.25) is 15.9 Å². The number of nitrogens with zero attached hydrogens (tertiary/aromatic N) is 1. The first kappa shape index (κ1) is 21.1. The van der Waals surface area contributed by atoms with E-state index in [1.54, 1.807) is 6.07 Å². The maximum absolute atomic E-state index is 13.8. The van der Waals surface area contributed by atoms with E-state index in [0.29, 0.717) is 0 Å². The predicted octanol–water partition coefficient (Wildman–Crippen LogP) is 3.03. The number of carbonyl (C=O) groups excluding carboxylic acids is 1. The van der Waals surface area contributed by atoms with Crippen LogP contribution < -0.4 is 5.32 Å². The van der Waals surface area contributed by atoms with E-state index in [-0.39, 0.29) is 24.7 Å². The van der Waals surface area contributed by atoms with Crippen LogP contribution in [0.5, 0.6) is 0 Å². The molecule has 0 saturated carbocycles. The summed E-state index contributed by atoms with van der Waals surface area (Å²) >= 11 is 0. The molecule has 0 saturated heterocycles. The third kappa shape index (κ3) is 6.15. The van der Waals surface area contributed by atoms with Crippen LogP contribution in [0.2, 0.25) is 0 Å². The summed E-state index contributed by atoms with van der Waals surface area (Å²) < 4.78 is 38.9. The number of hydrogen-bond acceptors (Lipinski definition) is 3. The van der Waals surface area contributed by atoms with Crippen molar-refractivity contribution in [1.29, 1.82) is 0 Å². The largest absolute Gasteiger partial charge is 0.348 e. The average Bonchev–Trinajstić information content (AvgIpc) is 2.62. The summed E-state index contributed by atoms with van der Waals surface area (Å²) in [5.41, 5.74) is 2.35. The van der Waals surface area contributed by atoms with Gasteiger partial charge in [0.15, 0.2) is 0 Å². The van der Waals surface area contributed by atoms with Crippen molar-refractivity contribution in [2.45, 2.75) is 32.9 Å². The lowest BCUT2D eigenvalue weighted by Gasteiger charge is -2.21. The van der Waals surface area contributed by atoms with Crippen LogP contribution in [-0.2, 0) is 27.8 Å². The topological polar surface area (TPSA) is 66.5 Å². The fourth-order valence-electron chi connectivity index (χ4n) is 2.68. The molecule has 146 valence electrons. The lowest BCUT2D eigenvalue weighted by atomic mass is 10.1. The Balaban J connectivity index is 2.06. The Kier molecular flexibility index (Phi) is 7.10. The first-order chi connectivity index (χ1) is 12.7. The van der Waals surface area contributed by atoms with Crippen molar-refractivity contribution in [1.82, 2.24) is 9.62 Å². The summed E-state index contributed by atoms with van der Waals surface area (Å²) in [6.45, 7) is 3.33. The normalized spacial score (nSPS) is 12.8. The van der Waals surface area contributed by atoms with E-state index in [1.807, 2.05) is 31.2 Å². The minimum absolute atomic E-state index is 0.196. The predicted molar refractivity (Wildman–Crippen MR) is 104 cm³/mol. The number of sulfonamides is 1. The Labute approximate surface area is 160 Å². The molecule has 0 radical (unpaired) electrons. The minimum atomic E-state index is -3.68. The standard InChI is InChI=1S/C20H25FN2O3S/c1-4-16-9-11-17(12-10-16)15(2)22-20(24)14-23(27(3,25)26)13-18-7-5-6-8-19(18)21/h5-12,15H,4,13-14H2,1-3H3,(H,22,24). The van der Waals surface area contributed by atoms with E-state index < -0.39 is 21.7 Å². The molecule has 2 aromatic carbocycles. The quantitative estimate of drug-likeness (QED) is 0.751. The van der Waals surface area contributed by atoms with E-state index >= 15 is 0 Å². The molecule has 1 amide bonds. The van der Waals surface area contributed by atoms with Gasteiger partial charge in [0, 0.05) is 12.1 Å². The number of nitrogens with one attached hydrogen (secondary N) is 1. The molecular weight excluding hydrogens is 367 g/mol. The monoisotopic (exact) mass is 392 g/mol. The van der Waals surface area contributed by atoms with E-state index in [1.165, 1.54) is 23.8 Å². The summed E-state index contributed by atoms with van der Waals surface area (Å²) in [5.74, 6) is -0.945. The van der Waals surface area contributed by atoms with Crippen LogP contribution in [0.1, 0.15) is 36.6 Å². The van der Waals surface area contributed by atoms with Gasteiger partial charge in [-0.15, -0.1) is 0 Å². The second kappa shape index (κ2) is 9.10. The highest BCUT2D eigenvalue weighted by molar-refractivity contribution is 7.88. The van der Waals surface area contributed by atoms with E-state index in [0.717, 1.165) is 22.5 Å². The second-order valence-electron chi connectivity index (χ2n) is 6.51. The number of hydrogen-bond donors (Lipinski definition) is 1. The fraction of sp³-hybridized carbons (Fsp3) is 0.350. The zero-order valence-electron chi connectivity index (χ0n) is 15.8. The molecule has 0 spiro atoms. The molecule has 5 nitrogen and oxygen atoms in total. The highest BCUT2D eigenvalue weighted by Crippen LogP contribution is 2.15.